The van der Waals surface area contributed by atoms with Crippen LogP contribution in [0.25, 0.3) is 0 Å². The predicted molar refractivity (Wildman–Crippen MR) is 66.0 cm³/mol. The van der Waals surface area contributed by atoms with E-state index < -0.39 is 0 Å². The van der Waals surface area contributed by atoms with Crippen molar-refractivity contribution >= 4 is 11.9 Å². The Labute approximate surface area is 102 Å². The summed E-state index contributed by atoms with van der Waals surface area (Å²) in [5.74, 6) is 0.137. The number of nitrogens with zero attached hydrogens (tertiary/aromatic N) is 2. The highest BCUT2D eigenvalue weighted by atomic mass is 16.4. The van der Waals surface area contributed by atoms with Crippen LogP contribution in [0.1, 0.15) is 39.0 Å². The van der Waals surface area contributed by atoms with Crippen molar-refractivity contribution in [3.8, 4) is 0 Å². The molecular formula is C11H22N4O2. The van der Waals surface area contributed by atoms with Crippen LogP contribution >= 0.6 is 0 Å². The summed E-state index contributed by atoms with van der Waals surface area (Å²) < 4.78 is 0. The first-order valence-corrected chi connectivity index (χ1v) is 6.04. The molecule has 0 aliphatic heterocycles. The second-order valence-corrected chi connectivity index (χ2v) is 4.69. The first-order chi connectivity index (χ1) is 8.04. The van der Waals surface area contributed by atoms with Crippen LogP contribution in [0, 0.1) is 0 Å². The van der Waals surface area contributed by atoms with Gasteiger partial charge in [0.1, 0.15) is 5.84 Å². The zero-order chi connectivity index (χ0) is 12.8. The summed E-state index contributed by atoms with van der Waals surface area (Å²) in [5.41, 5.74) is 5.42. The quantitative estimate of drug-likeness (QED) is 0.298. The number of nitrogens with two attached hydrogens (primary N) is 1. The van der Waals surface area contributed by atoms with Crippen LogP contribution in [-0.2, 0) is 0 Å². The van der Waals surface area contributed by atoms with E-state index in [0.717, 1.165) is 12.8 Å². The first kappa shape index (κ1) is 13.6. The number of amidine groups is 1. The molecule has 0 spiro atoms. The fraction of sp³-hybridized carbons (Fsp3) is 0.818. The number of rotatable bonds is 4. The van der Waals surface area contributed by atoms with Gasteiger partial charge >= 0.3 is 6.03 Å². The lowest BCUT2D eigenvalue weighted by atomic mass is 10.2. The van der Waals surface area contributed by atoms with Crippen molar-refractivity contribution in [2.45, 2.75) is 51.1 Å². The number of oxime groups is 1. The highest BCUT2D eigenvalue weighted by Crippen LogP contribution is 2.18. The van der Waals surface area contributed by atoms with Gasteiger partial charge in [0.15, 0.2) is 0 Å². The number of hydrogen-bond acceptors (Lipinski definition) is 3. The van der Waals surface area contributed by atoms with Gasteiger partial charge in [0.2, 0.25) is 0 Å². The highest BCUT2D eigenvalue weighted by Gasteiger charge is 2.22. The van der Waals surface area contributed by atoms with Gasteiger partial charge in [-0.25, -0.2) is 4.79 Å². The summed E-state index contributed by atoms with van der Waals surface area (Å²) >= 11 is 0. The van der Waals surface area contributed by atoms with Crippen LogP contribution in [0.5, 0.6) is 0 Å². The normalized spacial score (nSPS) is 19.1. The van der Waals surface area contributed by atoms with Crippen molar-refractivity contribution in [3.05, 3.63) is 0 Å². The van der Waals surface area contributed by atoms with E-state index in [2.05, 4.69) is 10.5 Å². The topological polar surface area (TPSA) is 91.0 Å². The van der Waals surface area contributed by atoms with E-state index in [0.29, 0.717) is 12.5 Å². The molecular weight excluding hydrogens is 220 g/mol. The molecule has 17 heavy (non-hydrogen) atoms. The van der Waals surface area contributed by atoms with Gasteiger partial charge < -0.3 is 21.2 Å². The van der Waals surface area contributed by atoms with Crippen LogP contribution < -0.4 is 11.1 Å². The summed E-state index contributed by atoms with van der Waals surface area (Å²) in [4.78, 5) is 13.5. The van der Waals surface area contributed by atoms with Crippen molar-refractivity contribution in [1.29, 1.82) is 0 Å². The molecule has 6 nitrogen and oxygen atoms in total. The molecule has 1 saturated carbocycles. The molecule has 1 aliphatic rings. The lowest BCUT2D eigenvalue weighted by Gasteiger charge is -2.26. The number of carbonyl (C=O) groups excluding carboxylic acids is 1. The van der Waals surface area contributed by atoms with Gasteiger partial charge in [-0.15, -0.1) is 0 Å². The van der Waals surface area contributed by atoms with E-state index in [9.17, 15) is 4.79 Å². The van der Waals surface area contributed by atoms with Crippen molar-refractivity contribution in [2.75, 3.05) is 7.05 Å². The molecule has 4 N–H and O–H groups in total. The second kappa shape index (κ2) is 6.32. The maximum Gasteiger partial charge on any atom is 0.317 e. The molecule has 0 aromatic heterocycles. The highest BCUT2D eigenvalue weighted by molar-refractivity contribution is 5.81. The van der Waals surface area contributed by atoms with E-state index in [-0.39, 0.29) is 17.9 Å². The van der Waals surface area contributed by atoms with Crippen LogP contribution in [0.4, 0.5) is 4.79 Å². The SMILES string of the molecule is CC(CC(N)=NO)N(C)C(=O)NC1CCCC1. The maximum atomic E-state index is 11.9. The number of carbonyl (C=O) groups is 1. The summed E-state index contributed by atoms with van der Waals surface area (Å²) in [5, 5.41) is 14.4. The lowest BCUT2D eigenvalue weighted by Crippen LogP contribution is -2.46. The van der Waals surface area contributed by atoms with Crippen molar-refractivity contribution in [1.82, 2.24) is 10.2 Å². The average Bonchev–Trinajstić information content (AvgIpc) is 2.80. The Hall–Kier alpha value is -1.46. The van der Waals surface area contributed by atoms with E-state index in [4.69, 9.17) is 10.9 Å². The zero-order valence-electron chi connectivity index (χ0n) is 10.5. The fourth-order valence-electron chi connectivity index (χ4n) is 2.03. The minimum Gasteiger partial charge on any atom is -0.409 e. The molecule has 2 amide bonds. The van der Waals surface area contributed by atoms with Crippen LogP contribution in [0.3, 0.4) is 0 Å². The molecule has 6 heteroatoms. The van der Waals surface area contributed by atoms with Crippen molar-refractivity contribution < 1.29 is 10.0 Å². The molecule has 1 atom stereocenters. The Morgan fingerprint density at radius 1 is 1.59 bits per heavy atom. The van der Waals surface area contributed by atoms with E-state index in [1.165, 1.54) is 12.8 Å². The Morgan fingerprint density at radius 2 is 2.18 bits per heavy atom. The van der Waals surface area contributed by atoms with Gasteiger partial charge in [0.25, 0.3) is 0 Å². The van der Waals surface area contributed by atoms with Crippen LogP contribution in [0.15, 0.2) is 5.16 Å². The van der Waals surface area contributed by atoms with Gasteiger partial charge in [-0.2, -0.15) is 0 Å². The minimum atomic E-state index is -0.0905. The Kier molecular flexibility index (Phi) is 5.06. The standard InChI is InChI=1S/C11H22N4O2/c1-8(7-10(12)14-17)15(2)11(16)13-9-5-3-4-6-9/h8-9,17H,3-7H2,1-2H3,(H2,12,14)(H,13,16). The van der Waals surface area contributed by atoms with Gasteiger partial charge in [-0.1, -0.05) is 18.0 Å². The van der Waals surface area contributed by atoms with Crippen LogP contribution in [-0.4, -0.2) is 41.1 Å². The number of amides is 2. The van der Waals surface area contributed by atoms with Gasteiger partial charge in [-0.05, 0) is 19.8 Å². The predicted octanol–water partition coefficient (Wildman–Crippen LogP) is 1.10. The molecule has 1 aliphatic carbocycles. The average molecular weight is 242 g/mol. The molecule has 0 saturated heterocycles. The fourth-order valence-corrected chi connectivity index (χ4v) is 2.03. The van der Waals surface area contributed by atoms with E-state index in [1.54, 1.807) is 11.9 Å². The molecule has 0 heterocycles. The molecule has 0 aromatic rings. The third-order valence-electron chi connectivity index (χ3n) is 3.30. The molecule has 1 fully saturated rings. The molecule has 1 rings (SSSR count). The molecule has 0 radical (unpaired) electrons. The van der Waals surface area contributed by atoms with Gasteiger partial charge in [0.05, 0.1) is 0 Å². The summed E-state index contributed by atoms with van der Waals surface area (Å²) in [6.45, 7) is 1.87. The van der Waals surface area contributed by atoms with Crippen LogP contribution in [0.2, 0.25) is 0 Å². The molecule has 98 valence electrons. The monoisotopic (exact) mass is 242 g/mol. The Bertz CT molecular complexity index is 287. The van der Waals surface area contributed by atoms with Crippen molar-refractivity contribution in [3.63, 3.8) is 0 Å². The molecule has 1 unspecified atom stereocenters. The Balaban J connectivity index is 2.39. The lowest BCUT2D eigenvalue weighted by molar-refractivity contribution is 0.191. The summed E-state index contributed by atoms with van der Waals surface area (Å²) in [6.07, 6.45) is 4.87. The third-order valence-corrected chi connectivity index (χ3v) is 3.30. The maximum absolute atomic E-state index is 11.9. The number of urea groups is 1. The van der Waals surface area contributed by atoms with Gasteiger partial charge in [-0.3, -0.25) is 0 Å². The smallest absolute Gasteiger partial charge is 0.317 e. The third kappa shape index (κ3) is 4.13. The van der Waals surface area contributed by atoms with E-state index >= 15 is 0 Å². The van der Waals surface area contributed by atoms with Crippen molar-refractivity contribution in [2.24, 2.45) is 10.9 Å². The Morgan fingerprint density at radius 3 is 2.71 bits per heavy atom. The second-order valence-electron chi connectivity index (χ2n) is 4.69. The number of nitrogens with one attached hydrogen (secondary N) is 1. The largest absolute Gasteiger partial charge is 0.409 e. The van der Waals surface area contributed by atoms with Gasteiger partial charge in [0, 0.05) is 25.6 Å². The summed E-state index contributed by atoms with van der Waals surface area (Å²) in [6, 6.07) is 0.128. The van der Waals surface area contributed by atoms with E-state index in [1.807, 2.05) is 6.92 Å². The molecule has 0 aromatic carbocycles. The minimum absolute atomic E-state index is 0.0878. The first-order valence-electron chi connectivity index (χ1n) is 6.04. The zero-order valence-corrected chi connectivity index (χ0v) is 10.5. The molecule has 0 bridgehead atoms. The summed E-state index contributed by atoms with van der Waals surface area (Å²) in [7, 11) is 1.72. The number of hydrogen-bond donors (Lipinski definition) is 3.